The largest absolute Gasteiger partial charge is 0.495 e. The SMILES string of the molecule is COc1cc(Br)c(Cl)cc1N1CC(CS(=O)(=O)F)CC1=O. The van der Waals surface area contributed by atoms with Crippen LogP contribution in [0.15, 0.2) is 16.6 Å². The quantitative estimate of drug-likeness (QED) is 0.729. The Labute approximate surface area is 135 Å². The van der Waals surface area contributed by atoms with Gasteiger partial charge in [0.2, 0.25) is 5.91 Å². The Kier molecular flexibility index (Phi) is 4.79. The van der Waals surface area contributed by atoms with Gasteiger partial charge in [0.15, 0.2) is 0 Å². The summed E-state index contributed by atoms with van der Waals surface area (Å²) in [5.74, 6) is -1.12. The molecule has 1 atom stereocenters. The molecule has 1 aromatic rings. The van der Waals surface area contributed by atoms with Gasteiger partial charge in [-0.15, -0.1) is 3.89 Å². The summed E-state index contributed by atoms with van der Waals surface area (Å²) in [6.07, 6.45) is -0.0278. The number of halogens is 3. The maximum absolute atomic E-state index is 12.8. The van der Waals surface area contributed by atoms with E-state index in [1.807, 2.05) is 0 Å². The van der Waals surface area contributed by atoms with Crippen LogP contribution < -0.4 is 9.64 Å². The van der Waals surface area contributed by atoms with Crippen LogP contribution in [0.5, 0.6) is 5.75 Å². The molecule has 1 saturated heterocycles. The van der Waals surface area contributed by atoms with Gasteiger partial charge in [0, 0.05) is 23.4 Å². The lowest BCUT2D eigenvalue weighted by Gasteiger charge is -2.20. The highest BCUT2D eigenvalue weighted by molar-refractivity contribution is 9.10. The van der Waals surface area contributed by atoms with Crippen LogP contribution in [0.3, 0.4) is 0 Å². The molecule has 9 heteroatoms. The molecule has 0 spiro atoms. The van der Waals surface area contributed by atoms with Crippen molar-refractivity contribution in [3.05, 3.63) is 21.6 Å². The minimum Gasteiger partial charge on any atom is -0.495 e. The van der Waals surface area contributed by atoms with Crippen LogP contribution in [-0.4, -0.2) is 33.7 Å². The molecule has 0 radical (unpaired) electrons. The fourth-order valence-electron chi connectivity index (χ4n) is 2.30. The van der Waals surface area contributed by atoms with Crippen LogP contribution in [0.25, 0.3) is 0 Å². The molecule has 1 fully saturated rings. The molecule has 2 rings (SSSR count). The van der Waals surface area contributed by atoms with E-state index in [4.69, 9.17) is 16.3 Å². The lowest BCUT2D eigenvalue weighted by molar-refractivity contribution is -0.117. The van der Waals surface area contributed by atoms with Gasteiger partial charge in [-0.25, -0.2) is 0 Å². The summed E-state index contributed by atoms with van der Waals surface area (Å²) in [4.78, 5) is 13.4. The molecule has 1 unspecified atom stereocenters. The summed E-state index contributed by atoms with van der Waals surface area (Å²) in [6.45, 7) is 0.107. The molecule has 1 aliphatic heterocycles. The van der Waals surface area contributed by atoms with Gasteiger partial charge >= 0.3 is 10.2 Å². The number of methoxy groups -OCH3 is 1. The number of amides is 1. The smallest absolute Gasteiger partial charge is 0.302 e. The fraction of sp³-hybridized carbons (Fsp3) is 0.417. The fourth-order valence-corrected chi connectivity index (χ4v) is 3.57. The third-order valence-electron chi connectivity index (χ3n) is 3.15. The Balaban J connectivity index is 2.31. The average Bonchev–Trinajstić information content (AvgIpc) is 2.70. The predicted molar refractivity (Wildman–Crippen MR) is 81.1 cm³/mol. The second kappa shape index (κ2) is 6.10. The number of rotatable bonds is 4. The maximum atomic E-state index is 12.8. The molecule has 0 aromatic heterocycles. The van der Waals surface area contributed by atoms with Crippen LogP contribution in [0, 0.1) is 5.92 Å². The van der Waals surface area contributed by atoms with Crippen LogP contribution in [-0.2, 0) is 15.0 Å². The van der Waals surface area contributed by atoms with Gasteiger partial charge in [-0.1, -0.05) is 11.6 Å². The summed E-state index contributed by atoms with van der Waals surface area (Å²) >= 11 is 9.27. The molecule has 5 nitrogen and oxygen atoms in total. The zero-order valence-electron chi connectivity index (χ0n) is 11.0. The predicted octanol–water partition coefficient (Wildman–Crippen LogP) is 2.76. The Morgan fingerprint density at radius 1 is 1.52 bits per heavy atom. The Hall–Kier alpha value is -0.860. The number of carbonyl (C=O) groups excluding carboxylic acids is 1. The summed E-state index contributed by atoms with van der Waals surface area (Å²) < 4.78 is 40.0. The van der Waals surface area contributed by atoms with Crippen molar-refractivity contribution in [2.24, 2.45) is 5.92 Å². The van der Waals surface area contributed by atoms with Crippen LogP contribution in [0.2, 0.25) is 5.02 Å². The van der Waals surface area contributed by atoms with Gasteiger partial charge in [-0.3, -0.25) is 4.79 Å². The van der Waals surface area contributed by atoms with Gasteiger partial charge in [-0.2, -0.15) is 8.42 Å². The number of nitrogens with zero attached hydrogens (tertiary/aromatic N) is 1. The first kappa shape index (κ1) is 16.5. The van der Waals surface area contributed by atoms with Crippen molar-refractivity contribution in [2.75, 3.05) is 24.3 Å². The molecule has 0 aliphatic carbocycles. The van der Waals surface area contributed by atoms with E-state index in [0.717, 1.165) is 0 Å². The lowest BCUT2D eigenvalue weighted by Crippen LogP contribution is -2.26. The van der Waals surface area contributed by atoms with E-state index in [9.17, 15) is 17.1 Å². The van der Waals surface area contributed by atoms with Crippen molar-refractivity contribution in [1.82, 2.24) is 0 Å². The molecule has 1 heterocycles. The molecule has 0 N–H and O–H groups in total. The lowest BCUT2D eigenvalue weighted by atomic mass is 10.1. The molecule has 116 valence electrons. The maximum Gasteiger partial charge on any atom is 0.302 e. The monoisotopic (exact) mass is 399 g/mol. The highest BCUT2D eigenvalue weighted by Gasteiger charge is 2.35. The number of benzene rings is 1. The third kappa shape index (κ3) is 3.87. The van der Waals surface area contributed by atoms with E-state index < -0.39 is 21.9 Å². The van der Waals surface area contributed by atoms with Crippen LogP contribution in [0.1, 0.15) is 6.42 Å². The van der Waals surface area contributed by atoms with Gasteiger partial charge in [0.25, 0.3) is 0 Å². The summed E-state index contributed by atoms with van der Waals surface area (Å²) in [6, 6.07) is 3.17. The second-order valence-electron chi connectivity index (χ2n) is 4.72. The highest BCUT2D eigenvalue weighted by atomic mass is 79.9. The highest BCUT2D eigenvalue weighted by Crippen LogP contribution is 2.39. The zero-order valence-corrected chi connectivity index (χ0v) is 14.1. The van der Waals surface area contributed by atoms with Crippen molar-refractivity contribution in [3.8, 4) is 5.75 Å². The normalized spacial score (nSPS) is 19.1. The third-order valence-corrected chi connectivity index (χ3v) is 5.22. The van der Waals surface area contributed by atoms with E-state index >= 15 is 0 Å². The molecular formula is C12H12BrClFNO4S. The standard InChI is InChI=1S/C12H12BrClFNO4S/c1-20-11-3-8(13)9(14)4-10(11)16-5-7(2-12(16)17)6-21(15,18)19/h3-4,7H,2,5-6H2,1H3. The number of hydrogen-bond donors (Lipinski definition) is 0. The van der Waals surface area contributed by atoms with E-state index in [0.29, 0.717) is 20.9 Å². The number of carbonyl (C=O) groups is 1. The van der Waals surface area contributed by atoms with E-state index in [-0.39, 0.29) is 18.9 Å². The van der Waals surface area contributed by atoms with Crippen molar-refractivity contribution in [1.29, 1.82) is 0 Å². The van der Waals surface area contributed by atoms with E-state index in [1.165, 1.54) is 12.0 Å². The minimum absolute atomic E-state index is 0.0278. The van der Waals surface area contributed by atoms with Gasteiger partial charge in [0.1, 0.15) is 5.75 Å². The molecule has 1 amide bonds. The first-order valence-electron chi connectivity index (χ1n) is 5.97. The summed E-state index contributed by atoms with van der Waals surface area (Å²) in [7, 11) is -3.16. The Bertz CT molecular complexity index is 682. The van der Waals surface area contributed by atoms with Crippen molar-refractivity contribution in [3.63, 3.8) is 0 Å². The molecule has 21 heavy (non-hydrogen) atoms. The topological polar surface area (TPSA) is 63.7 Å². The van der Waals surface area contributed by atoms with Crippen LogP contribution >= 0.6 is 27.5 Å². The number of anilines is 1. The van der Waals surface area contributed by atoms with Crippen molar-refractivity contribution >= 4 is 49.3 Å². The van der Waals surface area contributed by atoms with Gasteiger partial charge in [-0.05, 0) is 28.1 Å². The second-order valence-corrected chi connectivity index (χ2v) is 7.39. The van der Waals surface area contributed by atoms with E-state index in [2.05, 4.69) is 15.9 Å². The minimum atomic E-state index is -4.61. The van der Waals surface area contributed by atoms with Gasteiger partial charge in [0.05, 0.1) is 23.6 Å². The van der Waals surface area contributed by atoms with Crippen LogP contribution in [0.4, 0.5) is 9.57 Å². The summed E-state index contributed by atoms with van der Waals surface area (Å²) in [5.41, 5.74) is 0.439. The van der Waals surface area contributed by atoms with Crippen molar-refractivity contribution in [2.45, 2.75) is 6.42 Å². The molecule has 1 aromatic carbocycles. The Morgan fingerprint density at radius 3 is 2.76 bits per heavy atom. The first-order valence-corrected chi connectivity index (χ1v) is 8.69. The average molecular weight is 401 g/mol. The number of hydrogen-bond acceptors (Lipinski definition) is 4. The molecule has 1 aliphatic rings. The molecular weight excluding hydrogens is 389 g/mol. The Morgan fingerprint density at radius 2 is 2.19 bits per heavy atom. The molecule has 0 bridgehead atoms. The van der Waals surface area contributed by atoms with Gasteiger partial charge < -0.3 is 9.64 Å². The molecule has 0 saturated carbocycles. The summed E-state index contributed by atoms with van der Waals surface area (Å²) in [5, 5.41) is 0.389. The van der Waals surface area contributed by atoms with Crippen molar-refractivity contribution < 1.29 is 21.8 Å². The van der Waals surface area contributed by atoms with E-state index in [1.54, 1.807) is 12.1 Å². The number of ether oxygens (including phenoxy) is 1. The first-order chi connectivity index (χ1) is 9.71. The zero-order chi connectivity index (χ0) is 15.8.